The lowest BCUT2D eigenvalue weighted by Gasteiger charge is -2.20. The Hall–Kier alpha value is -1.97. The van der Waals surface area contributed by atoms with Crippen LogP contribution in [0.4, 0.5) is 0 Å². The van der Waals surface area contributed by atoms with Gasteiger partial charge in [0.05, 0.1) is 6.26 Å². The maximum Gasteiger partial charge on any atom is 0.268 e. The SMILES string of the molecule is [2H]C(C1C=CC=CO1)C1C=CC(=O)C(=O)C1=O. The number of ketones is 3. The molecular formula is C12H10O4. The molecule has 0 radical (unpaired) electrons. The van der Waals surface area contributed by atoms with Crippen molar-refractivity contribution in [3.05, 3.63) is 36.6 Å². The van der Waals surface area contributed by atoms with E-state index in [-0.39, 0.29) is 0 Å². The second kappa shape index (κ2) is 4.26. The second-order valence-electron chi connectivity index (χ2n) is 3.45. The Bertz CT molecular complexity index is 461. The molecule has 2 rings (SSSR count). The van der Waals surface area contributed by atoms with Crippen LogP contribution in [0.2, 0.25) is 0 Å². The van der Waals surface area contributed by atoms with E-state index in [4.69, 9.17) is 6.11 Å². The van der Waals surface area contributed by atoms with Crippen molar-refractivity contribution >= 4 is 17.3 Å². The van der Waals surface area contributed by atoms with Crippen molar-refractivity contribution in [2.45, 2.75) is 12.5 Å². The predicted molar refractivity (Wildman–Crippen MR) is 55.4 cm³/mol. The van der Waals surface area contributed by atoms with Gasteiger partial charge in [-0.05, 0) is 18.2 Å². The first-order valence-electron chi connectivity index (χ1n) is 5.41. The molecule has 0 aromatic heterocycles. The topological polar surface area (TPSA) is 60.4 Å². The van der Waals surface area contributed by atoms with Crippen LogP contribution in [0.25, 0.3) is 0 Å². The molecule has 1 aliphatic heterocycles. The molecular weight excluding hydrogens is 208 g/mol. The van der Waals surface area contributed by atoms with Crippen LogP contribution in [-0.4, -0.2) is 23.5 Å². The number of hydrogen-bond donors (Lipinski definition) is 0. The van der Waals surface area contributed by atoms with Gasteiger partial charge in [0, 0.05) is 13.7 Å². The molecule has 0 aromatic carbocycles. The van der Waals surface area contributed by atoms with Crippen molar-refractivity contribution < 1.29 is 20.5 Å². The van der Waals surface area contributed by atoms with E-state index in [2.05, 4.69) is 0 Å². The summed E-state index contributed by atoms with van der Waals surface area (Å²) in [7, 11) is 0. The van der Waals surface area contributed by atoms with Crippen LogP contribution < -0.4 is 0 Å². The van der Waals surface area contributed by atoms with Crippen LogP contribution in [0.15, 0.2) is 36.6 Å². The normalized spacial score (nSPS) is 31.2. The molecule has 1 aliphatic carbocycles. The average Bonchev–Trinajstić information content (AvgIpc) is 2.36. The summed E-state index contributed by atoms with van der Waals surface area (Å²) in [5, 5.41) is 0. The highest BCUT2D eigenvalue weighted by molar-refractivity contribution is 6.67. The van der Waals surface area contributed by atoms with Gasteiger partial charge in [0.1, 0.15) is 6.10 Å². The van der Waals surface area contributed by atoms with Crippen molar-refractivity contribution in [1.82, 2.24) is 0 Å². The molecule has 0 saturated heterocycles. The fourth-order valence-electron chi connectivity index (χ4n) is 1.49. The lowest BCUT2D eigenvalue weighted by atomic mass is 9.88. The zero-order chi connectivity index (χ0) is 12.4. The Labute approximate surface area is 93.7 Å². The predicted octanol–water partition coefficient (Wildman–Crippen LogP) is 0.738. The molecule has 16 heavy (non-hydrogen) atoms. The van der Waals surface area contributed by atoms with Crippen LogP contribution in [-0.2, 0) is 19.1 Å². The third kappa shape index (κ3) is 2.00. The molecule has 82 valence electrons. The van der Waals surface area contributed by atoms with E-state index in [0.717, 1.165) is 6.08 Å². The lowest BCUT2D eigenvalue weighted by molar-refractivity contribution is -0.144. The second-order valence-corrected chi connectivity index (χ2v) is 3.45. The van der Waals surface area contributed by atoms with E-state index in [9.17, 15) is 14.4 Å². The van der Waals surface area contributed by atoms with Crippen molar-refractivity contribution in [3.63, 3.8) is 0 Å². The summed E-state index contributed by atoms with van der Waals surface area (Å²) in [6, 6.07) is 0. The summed E-state index contributed by atoms with van der Waals surface area (Å²) in [5.41, 5.74) is 0. The van der Waals surface area contributed by atoms with Gasteiger partial charge in [-0.15, -0.1) is 0 Å². The highest BCUT2D eigenvalue weighted by atomic mass is 16.5. The molecule has 3 atom stereocenters. The molecule has 0 fully saturated rings. The molecule has 2 aliphatic rings. The van der Waals surface area contributed by atoms with E-state index in [1.165, 1.54) is 12.3 Å². The maximum atomic E-state index is 11.6. The first-order chi connectivity index (χ1) is 8.11. The van der Waals surface area contributed by atoms with Crippen molar-refractivity contribution in [1.29, 1.82) is 0 Å². The highest BCUT2D eigenvalue weighted by Crippen LogP contribution is 2.19. The van der Waals surface area contributed by atoms with Gasteiger partial charge in [-0.25, -0.2) is 0 Å². The van der Waals surface area contributed by atoms with Crippen LogP contribution in [0.1, 0.15) is 7.77 Å². The monoisotopic (exact) mass is 219 g/mol. The largest absolute Gasteiger partial charge is 0.494 e. The first-order valence-corrected chi connectivity index (χ1v) is 4.83. The summed E-state index contributed by atoms with van der Waals surface area (Å²) < 4.78 is 13.1. The molecule has 0 spiro atoms. The van der Waals surface area contributed by atoms with Crippen molar-refractivity contribution in [2.75, 3.05) is 0 Å². The average molecular weight is 219 g/mol. The third-order valence-corrected chi connectivity index (χ3v) is 2.33. The molecule has 0 N–H and O–H groups in total. The number of rotatable bonds is 2. The van der Waals surface area contributed by atoms with E-state index >= 15 is 0 Å². The van der Waals surface area contributed by atoms with Crippen LogP contribution in [0.3, 0.4) is 0 Å². The Balaban J connectivity index is 2.17. The number of allylic oxidation sites excluding steroid dienone is 4. The van der Waals surface area contributed by atoms with Crippen molar-refractivity contribution in [3.8, 4) is 0 Å². The van der Waals surface area contributed by atoms with Crippen LogP contribution in [0.5, 0.6) is 0 Å². The third-order valence-electron chi connectivity index (χ3n) is 2.33. The first kappa shape index (κ1) is 9.27. The molecule has 4 heteroatoms. The van der Waals surface area contributed by atoms with Gasteiger partial charge < -0.3 is 4.74 Å². The van der Waals surface area contributed by atoms with Gasteiger partial charge in [0.2, 0.25) is 11.6 Å². The molecule has 0 amide bonds. The minimum absolute atomic E-state index is 0.584. The van der Waals surface area contributed by atoms with Crippen LogP contribution >= 0.6 is 0 Å². The highest BCUT2D eigenvalue weighted by Gasteiger charge is 2.32. The standard InChI is InChI=1S/C12H10O4/c13-10-5-4-8(11(14)12(10)15)7-9-3-1-2-6-16-9/h1-6,8-9H,7H2/i7D. The molecule has 0 aromatic rings. The zero-order valence-corrected chi connectivity index (χ0v) is 8.33. The number of carbonyl (C=O) groups is 3. The fourth-order valence-corrected chi connectivity index (χ4v) is 1.49. The minimum atomic E-state index is -1.05. The van der Waals surface area contributed by atoms with Gasteiger partial charge in [-0.2, -0.15) is 0 Å². The number of Topliss-reactive ketones (excluding diaryl/α,β-unsaturated/α-hetero) is 2. The number of hydrogen-bond acceptors (Lipinski definition) is 4. The van der Waals surface area contributed by atoms with Crippen molar-refractivity contribution in [2.24, 2.45) is 5.92 Å². The lowest BCUT2D eigenvalue weighted by Crippen LogP contribution is -2.34. The summed E-state index contributed by atoms with van der Waals surface area (Å²) in [4.78, 5) is 33.8. The summed E-state index contributed by atoms with van der Waals surface area (Å²) in [6.45, 7) is 0. The number of ether oxygens (including phenoxy) is 1. The van der Waals surface area contributed by atoms with Crippen LogP contribution in [0, 0.1) is 5.92 Å². The Morgan fingerprint density at radius 2 is 2.06 bits per heavy atom. The zero-order valence-electron chi connectivity index (χ0n) is 9.33. The maximum absolute atomic E-state index is 11.6. The van der Waals surface area contributed by atoms with Gasteiger partial charge in [-0.1, -0.05) is 12.2 Å². The van der Waals surface area contributed by atoms with Gasteiger partial charge >= 0.3 is 0 Å². The molecule has 0 bridgehead atoms. The molecule has 4 nitrogen and oxygen atoms in total. The molecule has 1 heterocycles. The van der Waals surface area contributed by atoms with E-state index < -0.39 is 35.8 Å². The minimum Gasteiger partial charge on any atom is -0.494 e. The number of carbonyl (C=O) groups excluding carboxylic acids is 3. The Morgan fingerprint density at radius 1 is 1.25 bits per heavy atom. The van der Waals surface area contributed by atoms with E-state index in [1.807, 2.05) is 0 Å². The van der Waals surface area contributed by atoms with Gasteiger partial charge in [0.25, 0.3) is 5.78 Å². The Morgan fingerprint density at radius 3 is 2.75 bits per heavy atom. The van der Waals surface area contributed by atoms with Gasteiger partial charge in [-0.3, -0.25) is 14.4 Å². The summed E-state index contributed by atoms with van der Waals surface area (Å²) >= 11 is 0. The fraction of sp³-hybridized carbons (Fsp3) is 0.250. The summed E-state index contributed by atoms with van der Waals surface area (Å²) in [5.74, 6) is -3.62. The molecule has 3 unspecified atom stereocenters. The quantitative estimate of drug-likeness (QED) is 0.642. The molecule has 0 saturated carbocycles. The summed E-state index contributed by atoms with van der Waals surface area (Å²) in [6.07, 6.45) is 7.28. The van der Waals surface area contributed by atoms with Gasteiger partial charge in [0.15, 0.2) is 0 Å². The van der Waals surface area contributed by atoms with E-state index in [0.29, 0.717) is 0 Å². The Kier molecular flexibility index (Phi) is 2.47. The smallest absolute Gasteiger partial charge is 0.268 e. The van der Waals surface area contributed by atoms with E-state index in [1.54, 1.807) is 18.2 Å².